The number of para-hydroxylation sites is 1. The molecule has 0 saturated carbocycles. The molecule has 4 heteroatoms. The van der Waals surface area contributed by atoms with Gasteiger partial charge in [0.15, 0.2) is 5.78 Å². The van der Waals surface area contributed by atoms with Crippen LogP contribution in [0.5, 0.6) is 0 Å². The molecule has 1 aromatic carbocycles. The minimum Gasteiger partial charge on any atom is -0.356 e. The number of nitrogens with one attached hydrogen (secondary N) is 1. The topological polar surface area (TPSA) is 53.2 Å². The Morgan fingerprint density at radius 1 is 1.30 bits per heavy atom. The van der Waals surface area contributed by atoms with Crippen molar-refractivity contribution >= 4 is 17.4 Å². The minimum absolute atomic E-state index is 0.0461. The average molecular weight is 268 g/mol. The number of aromatic amines is 1. The highest BCUT2D eigenvalue weighted by atomic mass is 16.2. The zero-order valence-corrected chi connectivity index (χ0v) is 11.5. The number of Topliss-reactive ketones (excluding diaryl/α,β-unsaturated/α-hetero) is 1. The van der Waals surface area contributed by atoms with Gasteiger partial charge in [-0.25, -0.2) is 0 Å². The van der Waals surface area contributed by atoms with Crippen molar-refractivity contribution in [3.05, 3.63) is 53.3 Å². The molecule has 1 aliphatic rings. The number of hydrogen-bond acceptors (Lipinski definition) is 2. The molecule has 2 aromatic rings. The number of nitrogens with zero attached hydrogens (tertiary/aromatic N) is 1. The smallest absolute Gasteiger partial charge is 0.274 e. The average Bonchev–Trinajstić information content (AvgIpc) is 3.01. The summed E-state index contributed by atoms with van der Waals surface area (Å²) in [5.41, 5.74) is 3.14. The lowest BCUT2D eigenvalue weighted by atomic mass is 10.1. The van der Waals surface area contributed by atoms with Crippen LogP contribution in [0.1, 0.15) is 40.3 Å². The second-order valence-electron chi connectivity index (χ2n) is 5.22. The molecule has 0 fully saturated rings. The van der Waals surface area contributed by atoms with E-state index in [0.717, 1.165) is 12.1 Å². The van der Waals surface area contributed by atoms with Crippen LogP contribution in [-0.4, -0.2) is 22.7 Å². The molecule has 1 aromatic heterocycles. The second kappa shape index (κ2) is 4.63. The number of carbonyl (C=O) groups is 2. The SMILES string of the molecule is CC(=O)c1c[nH]c(C(=O)N2c3ccccc3CC2C)c1. The first-order chi connectivity index (χ1) is 9.58. The molecular formula is C16H16N2O2. The van der Waals surface area contributed by atoms with Crippen molar-refractivity contribution in [3.8, 4) is 0 Å². The summed E-state index contributed by atoms with van der Waals surface area (Å²) in [5.74, 6) is -0.134. The van der Waals surface area contributed by atoms with E-state index >= 15 is 0 Å². The van der Waals surface area contributed by atoms with E-state index in [9.17, 15) is 9.59 Å². The van der Waals surface area contributed by atoms with Gasteiger partial charge in [0.25, 0.3) is 5.91 Å². The van der Waals surface area contributed by atoms with E-state index in [2.05, 4.69) is 11.1 Å². The molecular weight excluding hydrogens is 252 g/mol. The van der Waals surface area contributed by atoms with Crippen molar-refractivity contribution in [3.63, 3.8) is 0 Å². The summed E-state index contributed by atoms with van der Waals surface area (Å²) in [4.78, 5) is 28.7. The van der Waals surface area contributed by atoms with E-state index in [0.29, 0.717) is 11.3 Å². The number of fused-ring (bicyclic) bond motifs is 1. The molecule has 2 heterocycles. The van der Waals surface area contributed by atoms with Gasteiger partial charge in [0.1, 0.15) is 5.69 Å². The standard InChI is InChI=1S/C16H16N2O2/c1-10-7-12-5-3-4-6-15(12)18(10)16(20)14-8-13(9-17-14)11(2)19/h3-6,8-10,17H,7H2,1-2H3. The summed E-state index contributed by atoms with van der Waals surface area (Å²) < 4.78 is 0. The number of carbonyl (C=O) groups excluding carboxylic acids is 2. The maximum atomic E-state index is 12.6. The highest BCUT2D eigenvalue weighted by molar-refractivity contribution is 6.08. The van der Waals surface area contributed by atoms with Crippen LogP contribution in [0, 0.1) is 0 Å². The minimum atomic E-state index is -0.0880. The fourth-order valence-electron chi connectivity index (χ4n) is 2.73. The molecule has 1 N–H and O–H groups in total. The predicted octanol–water partition coefficient (Wildman–Crippen LogP) is 2.81. The summed E-state index contributed by atoms with van der Waals surface area (Å²) in [6.45, 7) is 3.53. The third kappa shape index (κ3) is 1.93. The Kier molecular flexibility index (Phi) is 2.93. The molecule has 102 valence electrons. The Balaban J connectivity index is 1.96. The predicted molar refractivity (Wildman–Crippen MR) is 77.2 cm³/mol. The van der Waals surface area contributed by atoms with Gasteiger partial charge in [-0.15, -0.1) is 0 Å². The Morgan fingerprint density at radius 3 is 2.75 bits per heavy atom. The van der Waals surface area contributed by atoms with Gasteiger partial charge >= 0.3 is 0 Å². The second-order valence-corrected chi connectivity index (χ2v) is 5.22. The van der Waals surface area contributed by atoms with Crippen LogP contribution in [0.4, 0.5) is 5.69 Å². The van der Waals surface area contributed by atoms with Gasteiger partial charge in [-0.1, -0.05) is 18.2 Å². The first kappa shape index (κ1) is 12.7. The van der Waals surface area contributed by atoms with Crippen LogP contribution in [0.2, 0.25) is 0 Å². The molecule has 1 aliphatic heterocycles. The number of anilines is 1. The molecule has 1 unspecified atom stereocenters. The molecule has 0 radical (unpaired) electrons. The van der Waals surface area contributed by atoms with Gasteiger partial charge in [-0.2, -0.15) is 0 Å². The highest BCUT2D eigenvalue weighted by Gasteiger charge is 2.31. The zero-order chi connectivity index (χ0) is 14.3. The number of aromatic nitrogens is 1. The summed E-state index contributed by atoms with van der Waals surface area (Å²) in [6.07, 6.45) is 2.45. The van der Waals surface area contributed by atoms with Crippen molar-refractivity contribution in [1.82, 2.24) is 4.98 Å². The maximum Gasteiger partial charge on any atom is 0.274 e. The summed E-state index contributed by atoms with van der Waals surface area (Å²) in [5, 5.41) is 0. The molecule has 20 heavy (non-hydrogen) atoms. The number of rotatable bonds is 2. The Hall–Kier alpha value is -2.36. The molecule has 0 aliphatic carbocycles. The third-order valence-corrected chi connectivity index (χ3v) is 3.75. The monoisotopic (exact) mass is 268 g/mol. The van der Waals surface area contributed by atoms with Crippen LogP contribution in [0.15, 0.2) is 36.5 Å². The first-order valence-corrected chi connectivity index (χ1v) is 6.68. The van der Waals surface area contributed by atoms with E-state index in [4.69, 9.17) is 0 Å². The fraction of sp³-hybridized carbons (Fsp3) is 0.250. The zero-order valence-electron chi connectivity index (χ0n) is 11.5. The van der Waals surface area contributed by atoms with Gasteiger partial charge < -0.3 is 9.88 Å². The number of H-pyrrole nitrogens is 1. The fourth-order valence-corrected chi connectivity index (χ4v) is 2.73. The van der Waals surface area contributed by atoms with E-state index in [1.165, 1.54) is 12.5 Å². The van der Waals surface area contributed by atoms with E-state index in [-0.39, 0.29) is 17.7 Å². The third-order valence-electron chi connectivity index (χ3n) is 3.75. The number of hydrogen-bond donors (Lipinski definition) is 1. The molecule has 4 nitrogen and oxygen atoms in total. The quantitative estimate of drug-likeness (QED) is 0.851. The van der Waals surface area contributed by atoms with E-state index < -0.39 is 0 Å². The Bertz CT molecular complexity index is 687. The molecule has 1 atom stereocenters. The van der Waals surface area contributed by atoms with Gasteiger partial charge in [0.05, 0.1) is 0 Å². The van der Waals surface area contributed by atoms with Crippen LogP contribution >= 0.6 is 0 Å². The Labute approximate surface area is 117 Å². The maximum absolute atomic E-state index is 12.6. The van der Waals surface area contributed by atoms with E-state index in [1.807, 2.05) is 25.1 Å². The molecule has 1 amide bonds. The van der Waals surface area contributed by atoms with Crippen molar-refractivity contribution in [2.24, 2.45) is 0 Å². The summed E-state index contributed by atoms with van der Waals surface area (Å²) in [7, 11) is 0. The number of amides is 1. The molecule has 0 saturated heterocycles. The van der Waals surface area contributed by atoms with Crippen LogP contribution in [0.3, 0.4) is 0 Å². The van der Waals surface area contributed by atoms with Gasteiger partial charge in [-0.05, 0) is 38.0 Å². The number of ketones is 1. The van der Waals surface area contributed by atoms with Gasteiger partial charge in [0.2, 0.25) is 0 Å². The van der Waals surface area contributed by atoms with Crippen LogP contribution < -0.4 is 4.90 Å². The van der Waals surface area contributed by atoms with Gasteiger partial charge in [-0.3, -0.25) is 9.59 Å². The normalized spacial score (nSPS) is 17.1. The molecule has 0 spiro atoms. The lowest BCUT2D eigenvalue weighted by Crippen LogP contribution is -2.35. The first-order valence-electron chi connectivity index (χ1n) is 6.68. The highest BCUT2D eigenvalue weighted by Crippen LogP contribution is 2.32. The van der Waals surface area contributed by atoms with Crippen LogP contribution in [-0.2, 0) is 6.42 Å². The van der Waals surface area contributed by atoms with Crippen molar-refractivity contribution in [2.45, 2.75) is 26.3 Å². The lowest BCUT2D eigenvalue weighted by Gasteiger charge is -2.22. The largest absolute Gasteiger partial charge is 0.356 e. The number of benzene rings is 1. The van der Waals surface area contributed by atoms with Crippen LogP contribution in [0.25, 0.3) is 0 Å². The van der Waals surface area contributed by atoms with Crippen molar-refractivity contribution < 1.29 is 9.59 Å². The van der Waals surface area contributed by atoms with Crippen molar-refractivity contribution in [2.75, 3.05) is 4.90 Å². The summed E-state index contributed by atoms with van der Waals surface area (Å²) in [6, 6.07) is 9.69. The molecule has 0 bridgehead atoms. The van der Waals surface area contributed by atoms with E-state index in [1.54, 1.807) is 17.2 Å². The lowest BCUT2D eigenvalue weighted by molar-refractivity contribution is 0.0977. The van der Waals surface area contributed by atoms with Gasteiger partial charge in [0, 0.05) is 23.5 Å². The molecule has 3 rings (SSSR count). The van der Waals surface area contributed by atoms with Crippen molar-refractivity contribution in [1.29, 1.82) is 0 Å². The Morgan fingerprint density at radius 2 is 2.05 bits per heavy atom. The summed E-state index contributed by atoms with van der Waals surface area (Å²) >= 11 is 0.